The van der Waals surface area contributed by atoms with Crippen LogP contribution in [0.15, 0.2) is 46.8 Å². The maximum absolute atomic E-state index is 6.96. The molecular weight excluding hydrogens is 188 g/mol. The molecule has 2 aromatic rings. The van der Waals surface area contributed by atoms with Crippen LogP contribution in [0.1, 0.15) is 5.56 Å². The van der Waals surface area contributed by atoms with E-state index in [1.54, 1.807) is 17.4 Å². The molecule has 0 fully saturated rings. The van der Waals surface area contributed by atoms with E-state index in [9.17, 15) is 0 Å². The molecule has 0 saturated heterocycles. The molecule has 0 nitrogen and oxygen atoms in total. The van der Waals surface area contributed by atoms with E-state index in [1.165, 1.54) is 5.56 Å². The highest BCUT2D eigenvalue weighted by atomic mass is 32.1. The molecular formula is C13H8S. The van der Waals surface area contributed by atoms with Gasteiger partial charge in [-0.3, -0.25) is 0 Å². The summed E-state index contributed by atoms with van der Waals surface area (Å²) in [5.74, 6) is 0. The van der Waals surface area contributed by atoms with Crippen LogP contribution >= 0.6 is 11.3 Å². The number of thiophene rings is 1. The third-order valence-electron chi connectivity index (χ3n) is 2.02. The zero-order valence-electron chi connectivity index (χ0n) is 7.53. The van der Waals surface area contributed by atoms with Crippen molar-refractivity contribution in [3.8, 4) is 11.1 Å². The van der Waals surface area contributed by atoms with Crippen molar-refractivity contribution in [2.75, 3.05) is 0 Å². The second kappa shape index (κ2) is 4.10. The van der Waals surface area contributed by atoms with Gasteiger partial charge in [-0.1, -0.05) is 24.3 Å². The Balaban J connectivity index is 2.57. The molecule has 0 unspecified atom stereocenters. The first-order chi connectivity index (χ1) is 6.92. The highest BCUT2D eigenvalue weighted by Crippen LogP contribution is 2.26. The Labute approximate surface area is 87.8 Å². The van der Waals surface area contributed by atoms with Gasteiger partial charge < -0.3 is 0 Å². The molecule has 2 rings (SSSR count). The lowest BCUT2D eigenvalue weighted by Gasteiger charge is -2.01. The van der Waals surface area contributed by atoms with E-state index in [4.69, 9.17) is 6.58 Å². The molecule has 0 aliphatic carbocycles. The minimum Gasteiger partial charge on any atom is -0.152 e. The maximum Gasteiger partial charge on any atom is 0.0491 e. The lowest BCUT2D eigenvalue weighted by Crippen LogP contribution is -1.78. The van der Waals surface area contributed by atoms with E-state index in [2.05, 4.69) is 28.6 Å². The Morgan fingerprint density at radius 2 is 2.07 bits per heavy atom. The molecule has 0 atom stereocenters. The highest BCUT2D eigenvalue weighted by Gasteiger charge is 2.01. The van der Waals surface area contributed by atoms with Gasteiger partial charge >= 0.3 is 0 Å². The number of hydrogen-bond acceptors (Lipinski definition) is 1. The van der Waals surface area contributed by atoms with Gasteiger partial charge in [0.25, 0.3) is 0 Å². The summed E-state index contributed by atoms with van der Waals surface area (Å²) < 4.78 is 0. The summed E-state index contributed by atoms with van der Waals surface area (Å²) in [5, 5.41) is 4.16. The van der Waals surface area contributed by atoms with Crippen LogP contribution < -0.4 is 0 Å². The Morgan fingerprint density at radius 1 is 1.21 bits per heavy atom. The maximum atomic E-state index is 6.96. The first-order valence-electron chi connectivity index (χ1n) is 4.29. The minimum absolute atomic E-state index is 1.04. The van der Waals surface area contributed by atoms with Crippen molar-refractivity contribution in [1.82, 2.24) is 0 Å². The summed E-state index contributed by atoms with van der Waals surface area (Å²) in [7, 11) is 0. The number of benzene rings is 1. The van der Waals surface area contributed by atoms with Crippen LogP contribution in [0.25, 0.3) is 17.2 Å². The molecule has 1 heterocycles. The molecule has 1 heteroatoms. The summed E-state index contributed by atoms with van der Waals surface area (Å²) >= 11 is 1.68. The second-order valence-corrected chi connectivity index (χ2v) is 3.67. The fourth-order valence-electron chi connectivity index (χ4n) is 1.38. The molecule has 0 aliphatic rings. The lowest BCUT2D eigenvalue weighted by atomic mass is 10.0. The topological polar surface area (TPSA) is 0 Å². The van der Waals surface area contributed by atoms with Crippen LogP contribution in [-0.2, 0) is 0 Å². The Bertz CT molecular complexity index is 460. The number of hydrogen-bond donors (Lipinski definition) is 0. The molecule has 0 aliphatic heterocycles. The Morgan fingerprint density at radius 3 is 2.79 bits per heavy atom. The second-order valence-electron chi connectivity index (χ2n) is 2.89. The van der Waals surface area contributed by atoms with Crippen LogP contribution in [0.3, 0.4) is 0 Å². The average molecular weight is 196 g/mol. The average Bonchev–Trinajstić information content (AvgIpc) is 2.72. The minimum atomic E-state index is 1.04. The molecule has 1 aromatic carbocycles. The van der Waals surface area contributed by atoms with Gasteiger partial charge in [0.1, 0.15) is 0 Å². The van der Waals surface area contributed by atoms with Gasteiger partial charge in [-0.25, -0.2) is 0 Å². The molecule has 0 spiro atoms. The van der Waals surface area contributed by atoms with Gasteiger partial charge in [-0.15, -0.1) is 5.73 Å². The van der Waals surface area contributed by atoms with Crippen LogP contribution in [0, 0.1) is 6.58 Å². The molecule has 0 bridgehead atoms. The molecule has 0 amide bonds. The zero-order chi connectivity index (χ0) is 9.80. The Hall–Kier alpha value is -1.56. The summed E-state index contributed by atoms with van der Waals surface area (Å²) in [6.07, 6.45) is 1.69. The van der Waals surface area contributed by atoms with Crippen molar-refractivity contribution < 1.29 is 0 Å². The van der Waals surface area contributed by atoms with Crippen LogP contribution in [0.4, 0.5) is 0 Å². The first-order valence-corrected chi connectivity index (χ1v) is 5.23. The summed E-state index contributed by atoms with van der Waals surface area (Å²) in [6.45, 7) is 6.96. The van der Waals surface area contributed by atoms with Gasteiger partial charge in [-0.05, 0) is 39.6 Å². The molecule has 0 saturated carbocycles. The predicted octanol–water partition coefficient (Wildman–Crippen LogP) is 3.89. The van der Waals surface area contributed by atoms with E-state index >= 15 is 0 Å². The van der Waals surface area contributed by atoms with Crippen molar-refractivity contribution in [3.05, 3.63) is 59.0 Å². The third-order valence-corrected chi connectivity index (χ3v) is 2.70. The summed E-state index contributed by atoms with van der Waals surface area (Å²) in [5.41, 5.74) is 5.72. The van der Waals surface area contributed by atoms with Gasteiger partial charge in [0.05, 0.1) is 0 Å². The normalized spacial score (nSPS) is 9.43. The van der Waals surface area contributed by atoms with Crippen molar-refractivity contribution in [2.45, 2.75) is 0 Å². The number of rotatable bonds is 2. The van der Waals surface area contributed by atoms with Crippen molar-refractivity contribution in [2.24, 2.45) is 0 Å². The first kappa shape index (κ1) is 9.01. The van der Waals surface area contributed by atoms with E-state index in [1.807, 2.05) is 18.2 Å². The van der Waals surface area contributed by atoms with Crippen molar-refractivity contribution >= 4 is 17.4 Å². The third kappa shape index (κ3) is 1.69. The van der Waals surface area contributed by atoms with E-state index in [0.717, 1.165) is 11.1 Å². The van der Waals surface area contributed by atoms with E-state index in [-0.39, 0.29) is 0 Å². The lowest BCUT2D eigenvalue weighted by molar-refractivity contribution is 1.63. The predicted molar refractivity (Wildman–Crippen MR) is 61.0 cm³/mol. The van der Waals surface area contributed by atoms with Crippen LogP contribution in [0.2, 0.25) is 0 Å². The molecule has 14 heavy (non-hydrogen) atoms. The van der Waals surface area contributed by atoms with Crippen LogP contribution in [-0.4, -0.2) is 0 Å². The molecule has 0 N–H and O–H groups in total. The zero-order valence-corrected chi connectivity index (χ0v) is 8.34. The SMILES string of the molecule is [C]=C=Cc1ccccc1-c1ccsc1. The highest BCUT2D eigenvalue weighted by molar-refractivity contribution is 7.08. The summed E-state index contributed by atoms with van der Waals surface area (Å²) in [4.78, 5) is 0. The van der Waals surface area contributed by atoms with E-state index < -0.39 is 0 Å². The van der Waals surface area contributed by atoms with E-state index in [0.29, 0.717) is 0 Å². The van der Waals surface area contributed by atoms with Gasteiger partial charge in [-0.2, -0.15) is 11.3 Å². The fraction of sp³-hybridized carbons (Fsp3) is 0. The largest absolute Gasteiger partial charge is 0.152 e. The van der Waals surface area contributed by atoms with Crippen molar-refractivity contribution in [3.63, 3.8) is 0 Å². The van der Waals surface area contributed by atoms with Gasteiger partial charge in [0, 0.05) is 6.58 Å². The van der Waals surface area contributed by atoms with Gasteiger partial charge in [0.2, 0.25) is 0 Å². The quantitative estimate of drug-likeness (QED) is 0.639. The molecule has 1 aromatic heterocycles. The fourth-order valence-corrected chi connectivity index (χ4v) is 2.04. The van der Waals surface area contributed by atoms with Gasteiger partial charge in [0.15, 0.2) is 0 Å². The molecule has 2 radical (unpaired) electrons. The summed E-state index contributed by atoms with van der Waals surface area (Å²) in [6, 6.07) is 10.1. The van der Waals surface area contributed by atoms with Crippen molar-refractivity contribution in [1.29, 1.82) is 0 Å². The van der Waals surface area contributed by atoms with Crippen LogP contribution in [0.5, 0.6) is 0 Å². The smallest absolute Gasteiger partial charge is 0.0491 e. The molecule has 66 valence electrons. The Kier molecular flexibility index (Phi) is 2.64. The monoisotopic (exact) mass is 196 g/mol. The standard InChI is InChI=1S/C13H8S/c1-2-5-11-6-3-4-7-13(11)12-8-9-14-10-12/h3-10H.